The van der Waals surface area contributed by atoms with E-state index in [0.717, 1.165) is 25.2 Å². The van der Waals surface area contributed by atoms with Gasteiger partial charge in [0.15, 0.2) is 5.78 Å². The largest absolute Gasteiger partial charge is 0.325 e. The molecule has 6 nitrogen and oxygen atoms in total. The maximum atomic E-state index is 12.9. The number of rotatable bonds is 4. The average molecular weight is 440 g/mol. The minimum atomic E-state index is -0.495. The lowest BCUT2D eigenvalue weighted by Crippen LogP contribution is -2.33. The summed E-state index contributed by atoms with van der Waals surface area (Å²) < 4.78 is 0. The molecule has 0 radical (unpaired) electrons. The van der Waals surface area contributed by atoms with E-state index in [0.29, 0.717) is 29.8 Å². The van der Waals surface area contributed by atoms with Crippen molar-refractivity contribution < 1.29 is 9.59 Å². The maximum Gasteiger partial charge on any atom is 0.261 e. The van der Waals surface area contributed by atoms with Gasteiger partial charge in [-0.2, -0.15) is 11.8 Å². The van der Waals surface area contributed by atoms with E-state index < -0.39 is 11.5 Å². The van der Waals surface area contributed by atoms with Crippen LogP contribution in [0, 0.1) is 12.3 Å². The Morgan fingerprint density at radius 1 is 1.16 bits per heavy atom. The number of carbonyl (C=O) groups excluding carboxylic acids is 2. The van der Waals surface area contributed by atoms with Crippen LogP contribution in [0.2, 0.25) is 0 Å². The van der Waals surface area contributed by atoms with E-state index in [9.17, 15) is 14.4 Å². The zero-order valence-corrected chi connectivity index (χ0v) is 19.2. The number of nitrogens with one attached hydrogen (secondary N) is 2. The van der Waals surface area contributed by atoms with Gasteiger partial charge in [0, 0.05) is 54.5 Å². The summed E-state index contributed by atoms with van der Waals surface area (Å²) in [7, 11) is 0. The summed E-state index contributed by atoms with van der Waals surface area (Å²) in [6.45, 7) is 9.05. The number of amides is 1. The van der Waals surface area contributed by atoms with Gasteiger partial charge in [0.25, 0.3) is 11.5 Å². The number of thioether (sulfide) groups is 1. The van der Waals surface area contributed by atoms with Crippen LogP contribution in [0.1, 0.15) is 57.8 Å². The number of aromatic nitrogens is 1. The van der Waals surface area contributed by atoms with E-state index in [2.05, 4.69) is 21.3 Å². The third kappa shape index (κ3) is 4.93. The van der Waals surface area contributed by atoms with Crippen LogP contribution in [0.25, 0.3) is 0 Å². The quantitative estimate of drug-likeness (QED) is 0.760. The molecule has 31 heavy (non-hydrogen) atoms. The molecule has 2 aliphatic rings. The number of nitrogens with zero attached hydrogens (tertiary/aromatic N) is 1. The van der Waals surface area contributed by atoms with E-state index in [1.54, 1.807) is 0 Å². The van der Waals surface area contributed by atoms with Crippen molar-refractivity contribution in [1.82, 2.24) is 9.88 Å². The summed E-state index contributed by atoms with van der Waals surface area (Å²) in [6, 6.07) is 7.45. The van der Waals surface area contributed by atoms with Crippen LogP contribution in [0.5, 0.6) is 0 Å². The van der Waals surface area contributed by atoms with Gasteiger partial charge in [-0.1, -0.05) is 26.0 Å². The highest BCUT2D eigenvalue weighted by Gasteiger charge is 2.32. The van der Waals surface area contributed by atoms with Crippen LogP contribution in [0.15, 0.2) is 29.1 Å². The number of anilines is 1. The number of Topliss-reactive ketones (excluding diaryl/α,β-unsaturated/α-hetero) is 1. The van der Waals surface area contributed by atoms with E-state index in [1.165, 1.54) is 23.1 Å². The minimum absolute atomic E-state index is 0.0268. The Balaban J connectivity index is 1.51. The molecule has 2 N–H and O–H groups in total. The third-order valence-corrected chi connectivity index (χ3v) is 6.95. The molecule has 1 saturated heterocycles. The summed E-state index contributed by atoms with van der Waals surface area (Å²) in [5.74, 6) is 1.81. The number of benzene rings is 1. The highest BCUT2D eigenvalue weighted by molar-refractivity contribution is 7.99. The smallest absolute Gasteiger partial charge is 0.261 e. The summed E-state index contributed by atoms with van der Waals surface area (Å²) in [6.07, 6.45) is 1.02. The molecule has 2 heterocycles. The number of fused-ring (bicyclic) bond motifs is 1. The molecule has 4 rings (SSSR count). The number of ketones is 1. The Kier molecular flexibility index (Phi) is 6.08. The molecule has 0 unspecified atom stereocenters. The van der Waals surface area contributed by atoms with Crippen molar-refractivity contribution in [1.29, 1.82) is 0 Å². The van der Waals surface area contributed by atoms with Crippen molar-refractivity contribution in [3.8, 4) is 0 Å². The van der Waals surface area contributed by atoms with E-state index >= 15 is 0 Å². The summed E-state index contributed by atoms with van der Waals surface area (Å²) >= 11 is 1.99. The number of H-pyrrole nitrogens is 1. The normalized spacial score (nSPS) is 18.5. The van der Waals surface area contributed by atoms with Crippen molar-refractivity contribution >= 4 is 29.1 Å². The van der Waals surface area contributed by atoms with Gasteiger partial charge in [-0.15, -0.1) is 0 Å². The monoisotopic (exact) mass is 439 g/mol. The van der Waals surface area contributed by atoms with Crippen molar-refractivity contribution in [3.63, 3.8) is 0 Å². The zero-order chi connectivity index (χ0) is 22.2. The SMILES string of the molecule is Cc1cc(CN2CCSCC2)ccc1NC(=O)c1cc2c([nH]c1=O)CC(C)(C)CC2=O. The fraction of sp³-hybridized carbons (Fsp3) is 0.458. The molecule has 0 atom stereocenters. The zero-order valence-electron chi connectivity index (χ0n) is 18.3. The molecule has 7 heteroatoms. The molecule has 1 aromatic carbocycles. The van der Waals surface area contributed by atoms with Crippen LogP contribution < -0.4 is 10.9 Å². The van der Waals surface area contributed by atoms with Crippen molar-refractivity contribution in [2.75, 3.05) is 29.9 Å². The van der Waals surface area contributed by atoms with E-state index in [-0.39, 0.29) is 16.8 Å². The second-order valence-corrected chi connectivity index (χ2v) is 10.6. The van der Waals surface area contributed by atoms with Crippen LogP contribution in [-0.2, 0) is 13.0 Å². The van der Waals surface area contributed by atoms with Crippen LogP contribution in [-0.4, -0.2) is 46.2 Å². The number of pyridine rings is 1. The Morgan fingerprint density at radius 3 is 2.61 bits per heavy atom. The predicted molar refractivity (Wildman–Crippen MR) is 125 cm³/mol. The first-order chi connectivity index (χ1) is 14.7. The third-order valence-electron chi connectivity index (χ3n) is 6.01. The predicted octanol–water partition coefficient (Wildman–Crippen LogP) is 3.64. The molecule has 164 valence electrons. The van der Waals surface area contributed by atoms with Crippen LogP contribution in [0.4, 0.5) is 5.69 Å². The van der Waals surface area contributed by atoms with Crippen molar-refractivity contribution in [2.45, 2.75) is 40.2 Å². The molecular weight excluding hydrogens is 410 g/mol. The molecule has 1 fully saturated rings. The van der Waals surface area contributed by atoms with Crippen LogP contribution >= 0.6 is 11.8 Å². The molecule has 1 aromatic heterocycles. The van der Waals surface area contributed by atoms with Gasteiger partial charge < -0.3 is 10.3 Å². The fourth-order valence-corrected chi connectivity index (χ4v) is 5.35. The molecule has 2 aromatic rings. The van der Waals surface area contributed by atoms with Crippen molar-refractivity contribution in [3.05, 3.63) is 62.6 Å². The number of hydrogen-bond acceptors (Lipinski definition) is 5. The second-order valence-electron chi connectivity index (χ2n) is 9.34. The topological polar surface area (TPSA) is 82.3 Å². The second kappa shape index (κ2) is 8.63. The maximum absolute atomic E-state index is 12.9. The molecule has 1 aliphatic carbocycles. The molecule has 1 amide bonds. The van der Waals surface area contributed by atoms with E-state index in [4.69, 9.17) is 0 Å². The lowest BCUT2D eigenvalue weighted by Gasteiger charge is -2.29. The van der Waals surface area contributed by atoms with Gasteiger partial charge in [0.05, 0.1) is 0 Å². The van der Waals surface area contributed by atoms with Gasteiger partial charge in [-0.25, -0.2) is 0 Å². The van der Waals surface area contributed by atoms with E-state index in [1.807, 2.05) is 44.7 Å². The highest BCUT2D eigenvalue weighted by Crippen LogP contribution is 2.33. The van der Waals surface area contributed by atoms with Gasteiger partial charge in [0.2, 0.25) is 0 Å². The number of carbonyl (C=O) groups is 2. The molecule has 0 saturated carbocycles. The van der Waals surface area contributed by atoms with Crippen LogP contribution in [0.3, 0.4) is 0 Å². The standard InChI is InChI=1S/C24H29N3O3S/c1-15-10-16(14-27-6-8-31-9-7-27)4-5-19(15)25-22(29)18-11-17-20(26-23(18)30)12-24(2,3)13-21(17)28/h4-5,10-11H,6-9,12-14H2,1-3H3,(H,25,29)(H,26,30). The summed E-state index contributed by atoms with van der Waals surface area (Å²) in [5.41, 5.74) is 3.23. The summed E-state index contributed by atoms with van der Waals surface area (Å²) in [4.78, 5) is 43.2. The first-order valence-corrected chi connectivity index (χ1v) is 11.9. The molecule has 0 spiro atoms. The number of aromatic amines is 1. The first kappa shape index (κ1) is 21.8. The minimum Gasteiger partial charge on any atom is -0.325 e. The molecular formula is C24H29N3O3S. The van der Waals surface area contributed by atoms with Gasteiger partial charge in [0.1, 0.15) is 5.56 Å². The first-order valence-electron chi connectivity index (χ1n) is 10.7. The lowest BCUT2D eigenvalue weighted by molar-refractivity contribution is 0.0910. The van der Waals surface area contributed by atoms with Gasteiger partial charge >= 0.3 is 0 Å². The van der Waals surface area contributed by atoms with Gasteiger partial charge in [-0.05, 0) is 42.0 Å². The number of hydrogen-bond donors (Lipinski definition) is 2. The fourth-order valence-electron chi connectivity index (χ4n) is 4.37. The summed E-state index contributed by atoms with van der Waals surface area (Å²) in [5, 5.41) is 2.85. The Labute approximate surface area is 186 Å². The molecule has 0 bridgehead atoms. The Bertz CT molecular complexity index is 1080. The molecule has 1 aliphatic heterocycles. The van der Waals surface area contributed by atoms with Crippen molar-refractivity contribution in [2.24, 2.45) is 5.41 Å². The Morgan fingerprint density at radius 2 is 1.90 bits per heavy atom. The number of aryl methyl sites for hydroxylation is 1. The lowest BCUT2D eigenvalue weighted by atomic mass is 9.75. The van der Waals surface area contributed by atoms with Gasteiger partial charge in [-0.3, -0.25) is 19.3 Å². The highest BCUT2D eigenvalue weighted by atomic mass is 32.2. The average Bonchev–Trinajstić information content (AvgIpc) is 2.69. The Hall–Kier alpha value is -2.38.